The topological polar surface area (TPSA) is 93.5 Å². The molecule has 2 rings (SSSR count). The van der Waals surface area contributed by atoms with E-state index >= 15 is 0 Å². The highest BCUT2D eigenvalue weighted by Gasteiger charge is 2.28. The van der Waals surface area contributed by atoms with Crippen LogP contribution in [0.4, 0.5) is 11.4 Å². The molecule has 1 saturated carbocycles. The van der Waals surface area contributed by atoms with Crippen LogP contribution in [-0.2, 0) is 9.59 Å². The quantitative estimate of drug-likeness (QED) is 0.527. The summed E-state index contributed by atoms with van der Waals surface area (Å²) in [5.41, 5.74) is 6.89. The van der Waals surface area contributed by atoms with Crippen molar-refractivity contribution in [2.75, 3.05) is 24.7 Å². The third kappa shape index (κ3) is 5.44. The van der Waals surface area contributed by atoms with E-state index in [9.17, 15) is 9.59 Å². The monoisotopic (exact) mass is 327 g/mol. The number of hydrogen-bond acceptors (Lipinski definition) is 4. The smallest absolute Gasteiger partial charge is 0.224 e. The van der Waals surface area contributed by atoms with Crippen LogP contribution in [0.25, 0.3) is 0 Å². The number of rotatable bonds is 7. The summed E-state index contributed by atoms with van der Waals surface area (Å²) >= 11 is 0. The number of anilines is 2. The minimum absolute atomic E-state index is 0. The first kappa shape index (κ1) is 18.1. The summed E-state index contributed by atoms with van der Waals surface area (Å²) in [5.74, 6) is 0.801. The third-order valence-corrected chi connectivity index (χ3v) is 3.34. The fourth-order valence-electron chi connectivity index (χ4n) is 1.99. The highest BCUT2D eigenvalue weighted by molar-refractivity contribution is 5.91. The molecule has 1 aromatic carbocycles. The van der Waals surface area contributed by atoms with E-state index in [-0.39, 0.29) is 30.1 Å². The maximum atomic E-state index is 11.8. The molecule has 0 spiro atoms. The first-order valence-corrected chi connectivity index (χ1v) is 7.11. The van der Waals surface area contributed by atoms with Gasteiger partial charge in [0.1, 0.15) is 5.75 Å². The van der Waals surface area contributed by atoms with Crippen molar-refractivity contribution in [3.05, 3.63) is 18.2 Å². The van der Waals surface area contributed by atoms with Gasteiger partial charge < -0.3 is 21.1 Å². The van der Waals surface area contributed by atoms with Gasteiger partial charge in [-0.3, -0.25) is 9.59 Å². The molecule has 6 nitrogen and oxygen atoms in total. The number of amides is 2. The van der Waals surface area contributed by atoms with Crippen molar-refractivity contribution in [1.29, 1.82) is 0 Å². The molecule has 1 aromatic rings. The van der Waals surface area contributed by atoms with Crippen molar-refractivity contribution in [2.45, 2.75) is 25.7 Å². The summed E-state index contributed by atoms with van der Waals surface area (Å²) in [4.78, 5) is 23.2. The van der Waals surface area contributed by atoms with E-state index in [1.807, 2.05) is 0 Å². The Hall–Kier alpha value is -1.95. The van der Waals surface area contributed by atoms with Gasteiger partial charge in [-0.2, -0.15) is 0 Å². The zero-order valence-corrected chi connectivity index (χ0v) is 13.4. The van der Waals surface area contributed by atoms with Gasteiger partial charge in [-0.05, 0) is 37.5 Å². The number of nitrogens with one attached hydrogen (secondary N) is 2. The SMILES string of the molecule is COc1ccc(NC(=O)CCCNC(=O)C2CC2)cc1N.Cl. The van der Waals surface area contributed by atoms with Crippen LogP contribution in [0.2, 0.25) is 0 Å². The Kier molecular flexibility index (Phi) is 6.98. The van der Waals surface area contributed by atoms with Gasteiger partial charge in [-0.25, -0.2) is 0 Å². The van der Waals surface area contributed by atoms with Gasteiger partial charge in [0.25, 0.3) is 0 Å². The second-order valence-corrected chi connectivity index (χ2v) is 5.17. The summed E-state index contributed by atoms with van der Waals surface area (Å²) in [6, 6.07) is 5.11. The third-order valence-electron chi connectivity index (χ3n) is 3.34. The summed E-state index contributed by atoms with van der Waals surface area (Å²) in [6.07, 6.45) is 2.96. The lowest BCUT2D eigenvalue weighted by molar-refractivity contribution is -0.122. The molecule has 1 fully saturated rings. The number of carbonyl (C=O) groups excluding carboxylic acids is 2. The number of ether oxygens (including phenoxy) is 1. The molecule has 4 N–H and O–H groups in total. The van der Waals surface area contributed by atoms with E-state index < -0.39 is 0 Å². The Morgan fingerprint density at radius 3 is 2.68 bits per heavy atom. The molecule has 0 unspecified atom stereocenters. The van der Waals surface area contributed by atoms with Crippen molar-refractivity contribution in [3.63, 3.8) is 0 Å². The van der Waals surface area contributed by atoms with E-state index in [1.54, 1.807) is 25.3 Å². The van der Waals surface area contributed by atoms with Crippen LogP contribution in [0.3, 0.4) is 0 Å². The van der Waals surface area contributed by atoms with Crippen LogP contribution in [0.1, 0.15) is 25.7 Å². The lowest BCUT2D eigenvalue weighted by atomic mass is 10.2. The van der Waals surface area contributed by atoms with E-state index in [4.69, 9.17) is 10.5 Å². The fourth-order valence-corrected chi connectivity index (χ4v) is 1.99. The Balaban J connectivity index is 0.00000242. The van der Waals surface area contributed by atoms with Crippen molar-refractivity contribution in [2.24, 2.45) is 5.92 Å². The van der Waals surface area contributed by atoms with Gasteiger partial charge in [-0.15, -0.1) is 12.4 Å². The molecular weight excluding hydrogens is 306 g/mol. The maximum absolute atomic E-state index is 11.8. The van der Waals surface area contributed by atoms with E-state index in [2.05, 4.69) is 10.6 Å². The van der Waals surface area contributed by atoms with Crippen molar-refractivity contribution in [1.82, 2.24) is 5.32 Å². The minimum Gasteiger partial charge on any atom is -0.495 e. The average Bonchev–Trinajstić information content (AvgIpc) is 3.28. The predicted molar refractivity (Wildman–Crippen MR) is 88.3 cm³/mol. The number of nitrogens with two attached hydrogens (primary N) is 1. The van der Waals surface area contributed by atoms with Crippen LogP contribution in [-0.4, -0.2) is 25.5 Å². The van der Waals surface area contributed by atoms with E-state index in [0.29, 0.717) is 36.5 Å². The molecule has 1 aliphatic carbocycles. The largest absolute Gasteiger partial charge is 0.495 e. The van der Waals surface area contributed by atoms with Crippen LogP contribution >= 0.6 is 12.4 Å². The minimum atomic E-state index is -0.0970. The molecule has 22 heavy (non-hydrogen) atoms. The molecule has 1 aliphatic rings. The van der Waals surface area contributed by atoms with Crippen molar-refractivity contribution in [3.8, 4) is 5.75 Å². The maximum Gasteiger partial charge on any atom is 0.224 e. The Morgan fingerprint density at radius 1 is 1.36 bits per heavy atom. The molecule has 0 aliphatic heterocycles. The number of halogens is 1. The van der Waals surface area contributed by atoms with Gasteiger partial charge >= 0.3 is 0 Å². The standard InChI is InChI=1S/C15H21N3O3.ClH/c1-21-13-7-6-11(9-12(13)16)18-14(19)3-2-8-17-15(20)10-4-5-10;/h6-7,9-10H,2-5,8,16H2,1H3,(H,17,20)(H,18,19);1H. The fraction of sp³-hybridized carbons (Fsp3) is 0.467. The Morgan fingerprint density at radius 2 is 2.09 bits per heavy atom. The number of nitrogen functional groups attached to an aromatic ring is 1. The van der Waals surface area contributed by atoms with E-state index in [0.717, 1.165) is 12.8 Å². The summed E-state index contributed by atoms with van der Waals surface area (Å²) in [5, 5.41) is 5.60. The molecule has 0 saturated heterocycles. The number of carbonyl (C=O) groups is 2. The first-order chi connectivity index (χ1) is 10.1. The van der Waals surface area contributed by atoms with Crippen LogP contribution in [0.5, 0.6) is 5.75 Å². The zero-order valence-electron chi connectivity index (χ0n) is 12.6. The molecule has 0 atom stereocenters. The second kappa shape index (κ2) is 8.48. The van der Waals surface area contributed by atoms with Crippen molar-refractivity contribution < 1.29 is 14.3 Å². The van der Waals surface area contributed by atoms with Gasteiger partial charge in [-0.1, -0.05) is 0 Å². The average molecular weight is 328 g/mol. The van der Waals surface area contributed by atoms with Crippen LogP contribution < -0.4 is 21.1 Å². The molecular formula is C15H22ClN3O3. The van der Waals surface area contributed by atoms with Gasteiger partial charge in [0.05, 0.1) is 12.8 Å². The number of benzene rings is 1. The molecule has 0 bridgehead atoms. The molecule has 0 radical (unpaired) electrons. The number of hydrogen-bond donors (Lipinski definition) is 3. The summed E-state index contributed by atoms with van der Waals surface area (Å²) in [6.45, 7) is 0.535. The summed E-state index contributed by atoms with van der Waals surface area (Å²) < 4.78 is 5.05. The molecule has 0 aromatic heterocycles. The first-order valence-electron chi connectivity index (χ1n) is 7.11. The molecule has 7 heteroatoms. The Labute approximate surface area is 136 Å². The van der Waals surface area contributed by atoms with Crippen molar-refractivity contribution >= 4 is 35.6 Å². The van der Waals surface area contributed by atoms with Gasteiger partial charge in [0, 0.05) is 24.6 Å². The van der Waals surface area contributed by atoms with Crippen LogP contribution in [0.15, 0.2) is 18.2 Å². The molecule has 2 amide bonds. The normalized spacial score (nSPS) is 13.0. The zero-order chi connectivity index (χ0) is 15.2. The van der Waals surface area contributed by atoms with Gasteiger partial charge in [0.15, 0.2) is 0 Å². The van der Waals surface area contributed by atoms with E-state index in [1.165, 1.54) is 0 Å². The molecule has 122 valence electrons. The second-order valence-electron chi connectivity index (χ2n) is 5.17. The highest BCUT2D eigenvalue weighted by atomic mass is 35.5. The van der Waals surface area contributed by atoms with Crippen LogP contribution in [0, 0.1) is 5.92 Å². The number of methoxy groups -OCH3 is 1. The lowest BCUT2D eigenvalue weighted by Gasteiger charge is -2.09. The molecule has 0 heterocycles. The predicted octanol–water partition coefficient (Wildman–Crippen LogP) is 1.94. The Bertz CT molecular complexity index is 533. The lowest BCUT2D eigenvalue weighted by Crippen LogP contribution is -2.26. The summed E-state index contributed by atoms with van der Waals surface area (Å²) in [7, 11) is 1.54. The van der Waals surface area contributed by atoms with Gasteiger partial charge in [0.2, 0.25) is 11.8 Å². The highest BCUT2D eigenvalue weighted by Crippen LogP contribution is 2.28.